The van der Waals surface area contributed by atoms with Crippen molar-refractivity contribution in [1.29, 1.82) is 0 Å². The maximum Gasteiger partial charge on any atom is 0.312 e. The van der Waals surface area contributed by atoms with Crippen molar-refractivity contribution in [1.82, 2.24) is 0 Å². The molecule has 5 nitrogen and oxygen atoms in total. The number of nitrogens with two attached hydrogens (primary N) is 1. The van der Waals surface area contributed by atoms with Crippen LogP contribution in [0.15, 0.2) is 12.1 Å². The molecule has 2 rings (SSSR count). The van der Waals surface area contributed by atoms with Gasteiger partial charge in [-0.3, -0.25) is 4.79 Å². The molecule has 1 aromatic carbocycles. The van der Waals surface area contributed by atoms with Crippen LogP contribution in [-0.4, -0.2) is 24.4 Å². The van der Waals surface area contributed by atoms with E-state index in [0.29, 0.717) is 5.75 Å². The second kappa shape index (κ2) is 3.97. The van der Waals surface area contributed by atoms with Crippen molar-refractivity contribution in [2.75, 3.05) is 13.3 Å². The summed E-state index contributed by atoms with van der Waals surface area (Å²) < 4.78 is 23.7. The molecular weight excluding hydrogens is 217 g/mol. The lowest BCUT2D eigenvalue weighted by Crippen LogP contribution is -2.22. The Bertz CT molecular complexity index is 435. The lowest BCUT2D eigenvalue weighted by Gasteiger charge is -2.13. The van der Waals surface area contributed by atoms with Gasteiger partial charge in [0.05, 0.1) is 0 Å². The van der Waals surface area contributed by atoms with Gasteiger partial charge in [0.15, 0.2) is 11.5 Å². The minimum Gasteiger partial charge on any atom is -0.481 e. The molecule has 86 valence electrons. The molecule has 1 heterocycles. The van der Waals surface area contributed by atoms with Gasteiger partial charge in [0.2, 0.25) is 6.79 Å². The van der Waals surface area contributed by atoms with Gasteiger partial charge in [0.25, 0.3) is 0 Å². The lowest BCUT2D eigenvalue weighted by molar-refractivity contribution is -0.138. The Morgan fingerprint density at radius 2 is 2.31 bits per heavy atom. The first-order valence-corrected chi connectivity index (χ1v) is 4.66. The molecule has 0 bridgehead atoms. The highest BCUT2D eigenvalue weighted by Crippen LogP contribution is 2.40. The first-order chi connectivity index (χ1) is 7.65. The Morgan fingerprint density at radius 3 is 2.94 bits per heavy atom. The average molecular weight is 227 g/mol. The fourth-order valence-corrected chi connectivity index (χ4v) is 1.64. The van der Waals surface area contributed by atoms with Gasteiger partial charge < -0.3 is 20.3 Å². The highest BCUT2D eigenvalue weighted by atomic mass is 19.1. The molecule has 0 saturated heterocycles. The summed E-state index contributed by atoms with van der Waals surface area (Å²) in [5.41, 5.74) is 5.27. The summed E-state index contributed by atoms with van der Waals surface area (Å²) in [6, 6.07) is 2.55. The largest absolute Gasteiger partial charge is 0.481 e. The first-order valence-electron chi connectivity index (χ1n) is 4.66. The van der Waals surface area contributed by atoms with Crippen LogP contribution in [0.2, 0.25) is 0 Å². The topological polar surface area (TPSA) is 81.8 Å². The van der Waals surface area contributed by atoms with E-state index in [2.05, 4.69) is 0 Å². The summed E-state index contributed by atoms with van der Waals surface area (Å²) in [7, 11) is 0. The third kappa shape index (κ3) is 1.57. The zero-order valence-corrected chi connectivity index (χ0v) is 8.27. The van der Waals surface area contributed by atoms with E-state index in [9.17, 15) is 9.18 Å². The van der Waals surface area contributed by atoms with E-state index < -0.39 is 17.7 Å². The van der Waals surface area contributed by atoms with Crippen molar-refractivity contribution >= 4 is 5.97 Å². The van der Waals surface area contributed by atoms with Gasteiger partial charge in [0.1, 0.15) is 11.7 Å². The van der Waals surface area contributed by atoms with Crippen LogP contribution in [0.5, 0.6) is 11.5 Å². The van der Waals surface area contributed by atoms with Crippen molar-refractivity contribution in [3.63, 3.8) is 0 Å². The van der Waals surface area contributed by atoms with Crippen LogP contribution in [0.4, 0.5) is 4.39 Å². The number of carbonyl (C=O) groups is 1. The molecule has 0 saturated carbocycles. The number of halogens is 1. The van der Waals surface area contributed by atoms with Gasteiger partial charge in [-0.15, -0.1) is 0 Å². The van der Waals surface area contributed by atoms with Gasteiger partial charge in [0, 0.05) is 12.1 Å². The van der Waals surface area contributed by atoms with E-state index in [4.69, 9.17) is 20.3 Å². The molecule has 0 fully saturated rings. The Hall–Kier alpha value is -1.82. The molecule has 16 heavy (non-hydrogen) atoms. The minimum absolute atomic E-state index is 0.0390. The summed E-state index contributed by atoms with van der Waals surface area (Å²) in [6.07, 6.45) is 0. The summed E-state index contributed by atoms with van der Waals surface area (Å²) in [5.74, 6) is -2.49. The smallest absolute Gasteiger partial charge is 0.312 e. The van der Waals surface area contributed by atoms with E-state index >= 15 is 0 Å². The predicted molar refractivity (Wildman–Crippen MR) is 52.0 cm³/mol. The summed E-state index contributed by atoms with van der Waals surface area (Å²) in [5, 5.41) is 8.94. The number of benzene rings is 1. The Morgan fingerprint density at radius 1 is 1.56 bits per heavy atom. The second-order valence-electron chi connectivity index (χ2n) is 3.32. The zero-order valence-electron chi connectivity index (χ0n) is 8.27. The molecule has 1 atom stereocenters. The Balaban J connectivity index is 2.54. The summed E-state index contributed by atoms with van der Waals surface area (Å²) >= 11 is 0. The maximum absolute atomic E-state index is 13.6. The van der Waals surface area contributed by atoms with Crippen LogP contribution in [0.3, 0.4) is 0 Å². The minimum atomic E-state index is -1.19. The zero-order chi connectivity index (χ0) is 11.7. The number of carboxylic acid groups (broad SMARTS) is 1. The number of hydrogen-bond donors (Lipinski definition) is 2. The normalized spacial score (nSPS) is 14.9. The van der Waals surface area contributed by atoms with Crippen LogP contribution in [0.1, 0.15) is 11.5 Å². The molecule has 0 radical (unpaired) electrons. The van der Waals surface area contributed by atoms with E-state index in [1.165, 1.54) is 6.07 Å². The van der Waals surface area contributed by atoms with Gasteiger partial charge in [-0.2, -0.15) is 0 Å². The van der Waals surface area contributed by atoms with E-state index in [1.807, 2.05) is 0 Å². The maximum atomic E-state index is 13.6. The van der Waals surface area contributed by atoms with E-state index in [-0.39, 0.29) is 24.7 Å². The van der Waals surface area contributed by atoms with Gasteiger partial charge in [-0.05, 0) is 12.1 Å². The average Bonchev–Trinajstić information content (AvgIpc) is 2.69. The number of ether oxygens (including phenoxy) is 2. The second-order valence-corrected chi connectivity index (χ2v) is 3.32. The molecule has 0 aromatic heterocycles. The van der Waals surface area contributed by atoms with Gasteiger partial charge in [-0.25, -0.2) is 4.39 Å². The Labute approximate surface area is 90.6 Å². The molecule has 0 spiro atoms. The Kier molecular flexibility index (Phi) is 2.66. The molecule has 1 unspecified atom stereocenters. The summed E-state index contributed by atoms with van der Waals surface area (Å²) in [4.78, 5) is 10.9. The standard InChI is InChI=1S/C10H10FNO4/c11-6-1-2-7-9(16-4-15-7)8(6)5(3-12)10(13)14/h1-2,5H,3-4,12H2,(H,13,14). The molecule has 1 aliphatic rings. The van der Waals surface area contributed by atoms with Crippen LogP contribution in [0, 0.1) is 5.82 Å². The first kappa shape index (κ1) is 10.7. The van der Waals surface area contributed by atoms with Gasteiger partial charge in [-0.1, -0.05) is 0 Å². The third-order valence-corrected chi connectivity index (χ3v) is 2.41. The molecule has 0 aliphatic carbocycles. The molecule has 1 aromatic rings. The van der Waals surface area contributed by atoms with E-state index in [1.54, 1.807) is 0 Å². The molecule has 1 aliphatic heterocycles. The molecule has 0 amide bonds. The number of aliphatic carboxylic acids is 1. The summed E-state index contributed by atoms with van der Waals surface area (Å²) in [6.45, 7) is -0.241. The quantitative estimate of drug-likeness (QED) is 0.793. The van der Waals surface area contributed by atoms with Crippen LogP contribution >= 0.6 is 0 Å². The fraction of sp³-hybridized carbons (Fsp3) is 0.300. The van der Waals surface area contributed by atoms with Crippen LogP contribution < -0.4 is 15.2 Å². The van der Waals surface area contributed by atoms with Crippen LogP contribution in [0.25, 0.3) is 0 Å². The van der Waals surface area contributed by atoms with Gasteiger partial charge >= 0.3 is 5.97 Å². The van der Waals surface area contributed by atoms with E-state index in [0.717, 1.165) is 6.07 Å². The third-order valence-electron chi connectivity index (χ3n) is 2.41. The van der Waals surface area contributed by atoms with Crippen molar-refractivity contribution in [2.45, 2.75) is 5.92 Å². The lowest BCUT2D eigenvalue weighted by atomic mass is 9.97. The monoisotopic (exact) mass is 227 g/mol. The number of fused-ring (bicyclic) bond motifs is 1. The van der Waals surface area contributed by atoms with Crippen molar-refractivity contribution in [2.24, 2.45) is 5.73 Å². The number of hydrogen-bond acceptors (Lipinski definition) is 4. The highest BCUT2D eigenvalue weighted by Gasteiger charge is 2.30. The molecule has 3 N–H and O–H groups in total. The number of rotatable bonds is 3. The van der Waals surface area contributed by atoms with Crippen molar-refractivity contribution in [3.8, 4) is 11.5 Å². The van der Waals surface area contributed by atoms with Crippen LogP contribution in [-0.2, 0) is 4.79 Å². The van der Waals surface area contributed by atoms with Crippen molar-refractivity contribution < 1.29 is 23.8 Å². The van der Waals surface area contributed by atoms with Crippen molar-refractivity contribution in [3.05, 3.63) is 23.5 Å². The highest BCUT2D eigenvalue weighted by molar-refractivity contribution is 5.78. The molecular formula is C10H10FNO4. The predicted octanol–water partition coefficient (Wildman–Crippen LogP) is 0.681. The fourth-order valence-electron chi connectivity index (χ4n) is 1.64. The SMILES string of the molecule is NCC(C(=O)O)c1c(F)ccc2c1OCO2. The number of carboxylic acids is 1. The molecule has 6 heteroatoms.